The Kier molecular flexibility index (Phi) is 5.91. The number of benzene rings is 6. The lowest BCUT2D eigenvalue weighted by molar-refractivity contribution is 0.997. The van der Waals surface area contributed by atoms with Gasteiger partial charge in [0.25, 0.3) is 0 Å². The number of allylic oxidation sites excluding steroid dienone is 1. The molecular weight excluding hydrogens is 548 g/mol. The molecule has 0 amide bonds. The second kappa shape index (κ2) is 10.4. The van der Waals surface area contributed by atoms with E-state index >= 15 is 0 Å². The van der Waals surface area contributed by atoms with Gasteiger partial charge in [0.2, 0.25) is 0 Å². The summed E-state index contributed by atoms with van der Waals surface area (Å²) in [5.74, 6) is 1.98. The van der Waals surface area contributed by atoms with Crippen molar-refractivity contribution in [2.45, 2.75) is 12.8 Å². The van der Waals surface area contributed by atoms with Gasteiger partial charge < -0.3 is 4.57 Å². The molecule has 0 aliphatic heterocycles. The molecule has 0 fully saturated rings. The van der Waals surface area contributed by atoms with E-state index in [0.29, 0.717) is 17.5 Å². The largest absolute Gasteiger partial charge is 0.309 e. The minimum Gasteiger partial charge on any atom is -0.309 e. The van der Waals surface area contributed by atoms with Crippen LogP contribution < -0.4 is 0 Å². The van der Waals surface area contributed by atoms with Gasteiger partial charge in [-0.3, -0.25) is 0 Å². The molecule has 2 heterocycles. The number of aryl methyl sites for hydroxylation is 1. The fourth-order valence-corrected chi connectivity index (χ4v) is 6.79. The van der Waals surface area contributed by atoms with E-state index in [0.717, 1.165) is 35.2 Å². The summed E-state index contributed by atoms with van der Waals surface area (Å²) in [6, 6.07) is 46.7. The maximum absolute atomic E-state index is 4.94. The molecule has 0 bridgehead atoms. The quantitative estimate of drug-likeness (QED) is 0.209. The molecule has 0 unspecified atom stereocenters. The van der Waals surface area contributed by atoms with Crippen molar-refractivity contribution in [2.75, 3.05) is 0 Å². The molecule has 0 spiro atoms. The average molecular weight is 577 g/mol. The van der Waals surface area contributed by atoms with E-state index in [1.807, 2.05) is 60.7 Å². The van der Waals surface area contributed by atoms with E-state index < -0.39 is 0 Å². The first-order valence-corrected chi connectivity index (χ1v) is 15.4. The highest BCUT2D eigenvalue weighted by atomic mass is 15.0. The van der Waals surface area contributed by atoms with Crippen LogP contribution in [0.3, 0.4) is 0 Å². The summed E-state index contributed by atoms with van der Waals surface area (Å²) in [6.07, 6.45) is 6.69. The Balaban J connectivity index is 1.23. The second-order valence-electron chi connectivity index (χ2n) is 11.6. The fourth-order valence-electron chi connectivity index (χ4n) is 6.79. The summed E-state index contributed by atoms with van der Waals surface area (Å²) >= 11 is 0. The van der Waals surface area contributed by atoms with E-state index in [9.17, 15) is 0 Å². The first-order valence-electron chi connectivity index (χ1n) is 15.4. The van der Waals surface area contributed by atoms with Gasteiger partial charge in [-0.1, -0.05) is 109 Å². The molecule has 212 valence electrons. The highest BCUT2D eigenvalue weighted by Crippen LogP contribution is 2.41. The first kappa shape index (κ1) is 25.6. The third-order valence-electron chi connectivity index (χ3n) is 8.91. The molecule has 0 saturated carbocycles. The highest BCUT2D eigenvalue weighted by molar-refractivity contribution is 6.22. The van der Waals surface area contributed by atoms with Crippen LogP contribution in [0.4, 0.5) is 0 Å². The van der Waals surface area contributed by atoms with Gasteiger partial charge in [-0.25, -0.2) is 15.0 Å². The SMILES string of the molecule is C1=Cc2ccc3c(c2CC1)c1c2ccccc2ccc1n3-c1ccc(-c2nc(-c3ccccc3)nc(-c3ccccc3)n2)cc1. The summed E-state index contributed by atoms with van der Waals surface area (Å²) in [7, 11) is 0. The molecule has 6 aromatic carbocycles. The Labute approximate surface area is 261 Å². The van der Waals surface area contributed by atoms with Crippen LogP contribution in [-0.4, -0.2) is 19.5 Å². The molecule has 0 saturated heterocycles. The number of aromatic nitrogens is 4. The minimum atomic E-state index is 0.656. The number of nitrogens with zero attached hydrogens (tertiary/aromatic N) is 4. The maximum Gasteiger partial charge on any atom is 0.164 e. The highest BCUT2D eigenvalue weighted by Gasteiger charge is 2.20. The van der Waals surface area contributed by atoms with Crippen LogP contribution in [0.25, 0.3) is 78.5 Å². The summed E-state index contributed by atoms with van der Waals surface area (Å²) in [5, 5.41) is 5.26. The number of fused-ring (bicyclic) bond motifs is 7. The van der Waals surface area contributed by atoms with Crippen LogP contribution in [0.15, 0.2) is 140 Å². The smallest absolute Gasteiger partial charge is 0.164 e. The Morgan fingerprint density at radius 2 is 1.07 bits per heavy atom. The van der Waals surface area contributed by atoms with Crippen molar-refractivity contribution < 1.29 is 0 Å². The molecule has 2 aromatic heterocycles. The van der Waals surface area contributed by atoms with Gasteiger partial charge in [-0.05, 0) is 71.1 Å². The van der Waals surface area contributed by atoms with Crippen LogP contribution in [0.2, 0.25) is 0 Å². The number of hydrogen-bond donors (Lipinski definition) is 0. The molecule has 8 aromatic rings. The predicted molar refractivity (Wildman–Crippen MR) is 185 cm³/mol. The second-order valence-corrected chi connectivity index (χ2v) is 11.6. The van der Waals surface area contributed by atoms with Crippen LogP contribution in [0.5, 0.6) is 0 Å². The number of rotatable bonds is 4. The van der Waals surface area contributed by atoms with Crippen molar-refractivity contribution in [3.8, 4) is 39.9 Å². The average Bonchev–Trinajstić information content (AvgIpc) is 3.48. The third kappa shape index (κ3) is 4.26. The van der Waals surface area contributed by atoms with E-state index in [4.69, 9.17) is 15.0 Å². The van der Waals surface area contributed by atoms with Crippen molar-refractivity contribution in [1.82, 2.24) is 19.5 Å². The van der Waals surface area contributed by atoms with E-state index in [-0.39, 0.29) is 0 Å². The van der Waals surface area contributed by atoms with Gasteiger partial charge >= 0.3 is 0 Å². The zero-order chi connectivity index (χ0) is 29.7. The van der Waals surface area contributed by atoms with Gasteiger partial charge in [0.05, 0.1) is 11.0 Å². The molecule has 1 aliphatic rings. The molecule has 0 atom stereocenters. The Morgan fingerprint density at radius 3 is 1.76 bits per heavy atom. The van der Waals surface area contributed by atoms with Crippen molar-refractivity contribution in [3.63, 3.8) is 0 Å². The summed E-state index contributed by atoms with van der Waals surface area (Å²) in [5.41, 5.74) is 9.22. The molecule has 1 aliphatic carbocycles. The third-order valence-corrected chi connectivity index (χ3v) is 8.91. The summed E-state index contributed by atoms with van der Waals surface area (Å²) in [4.78, 5) is 14.7. The van der Waals surface area contributed by atoms with E-state index in [2.05, 4.69) is 89.5 Å². The molecule has 45 heavy (non-hydrogen) atoms. The number of hydrogen-bond acceptors (Lipinski definition) is 3. The summed E-state index contributed by atoms with van der Waals surface area (Å²) in [6.45, 7) is 0. The molecular formula is C41H28N4. The standard InChI is InChI=1S/C41H28N4/c1-3-13-29(14-4-1)39-42-40(30-15-5-2-6-16-30)44-41(43-39)31-19-23-32(24-20-31)45-35-25-21-27-11-7-9-17-33(27)37(35)38-34-18-10-8-12-28(34)22-26-36(38)45/h1-9,11-17,19-26H,10,18H2. The van der Waals surface area contributed by atoms with Crippen molar-refractivity contribution in [1.29, 1.82) is 0 Å². The lowest BCUT2D eigenvalue weighted by Crippen LogP contribution is -2.00. The van der Waals surface area contributed by atoms with Gasteiger partial charge in [-0.15, -0.1) is 0 Å². The van der Waals surface area contributed by atoms with Crippen molar-refractivity contribution >= 4 is 38.7 Å². The molecule has 0 N–H and O–H groups in total. The van der Waals surface area contributed by atoms with Crippen LogP contribution in [0, 0.1) is 0 Å². The Hall–Kier alpha value is -5.87. The summed E-state index contributed by atoms with van der Waals surface area (Å²) < 4.78 is 2.41. The van der Waals surface area contributed by atoms with Gasteiger partial charge in [0.1, 0.15) is 0 Å². The maximum atomic E-state index is 4.94. The van der Waals surface area contributed by atoms with Crippen LogP contribution in [-0.2, 0) is 6.42 Å². The van der Waals surface area contributed by atoms with Crippen molar-refractivity contribution in [3.05, 3.63) is 151 Å². The molecule has 9 rings (SSSR count). The monoisotopic (exact) mass is 576 g/mol. The Bertz CT molecular complexity index is 2350. The lowest BCUT2D eigenvalue weighted by atomic mass is 9.92. The van der Waals surface area contributed by atoms with E-state index in [1.54, 1.807) is 0 Å². The Morgan fingerprint density at radius 1 is 0.489 bits per heavy atom. The first-order chi connectivity index (χ1) is 22.3. The minimum absolute atomic E-state index is 0.656. The van der Waals surface area contributed by atoms with E-state index in [1.165, 1.54) is 43.7 Å². The predicted octanol–water partition coefficient (Wildman–Crippen LogP) is 10.1. The normalized spacial score (nSPS) is 12.6. The van der Waals surface area contributed by atoms with Gasteiger partial charge in [0.15, 0.2) is 17.5 Å². The van der Waals surface area contributed by atoms with Crippen LogP contribution in [0.1, 0.15) is 17.5 Å². The molecule has 0 radical (unpaired) electrons. The lowest BCUT2D eigenvalue weighted by Gasteiger charge is -2.13. The fraction of sp³-hybridized carbons (Fsp3) is 0.0488. The molecule has 4 heteroatoms. The van der Waals surface area contributed by atoms with Crippen LogP contribution >= 0.6 is 0 Å². The topological polar surface area (TPSA) is 43.6 Å². The van der Waals surface area contributed by atoms with Gasteiger partial charge in [0, 0.05) is 33.2 Å². The van der Waals surface area contributed by atoms with Gasteiger partial charge in [-0.2, -0.15) is 0 Å². The zero-order valence-corrected chi connectivity index (χ0v) is 24.6. The van der Waals surface area contributed by atoms with Crippen molar-refractivity contribution in [2.24, 2.45) is 0 Å². The zero-order valence-electron chi connectivity index (χ0n) is 24.6. The molecule has 4 nitrogen and oxygen atoms in total.